The van der Waals surface area contributed by atoms with Gasteiger partial charge in [-0.15, -0.1) is 11.3 Å². The average molecular weight is 472 g/mol. The van der Waals surface area contributed by atoms with E-state index in [-0.39, 0.29) is 6.10 Å². The first-order valence-electron chi connectivity index (χ1n) is 11.0. The highest BCUT2D eigenvalue weighted by molar-refractivity contribution is 7.89. The Labute approximate surface area is 193 Å². The molecule has 1 saturated heterocycles. The van der Waals surface area contributed by atoms with Crippen molar-refractivity contribution in [3.63, 3.8) is 0 Å². The van der Waals surface area contributed by atoms with Crippen LogP contribution < -0.4 is 4.80 Å². The van der Waals surface area contributed by atoms with Crippen LogP contribution in [0.15, 0.2) is 69.9 Å². The molecule has 6 nitrogen and oxygen atoms in total. The molecule has 0 amide bonds. The van der Waals surface area contributed by atoms with Crippen molar-refractivity contribution >= 4 is 27.0 Å². The Bertz CT molecular complexity index is 1190. The van der Waals surface area contributed by atoms with Gasteiger partial charge < -0.3 is 9.30 Å². The van der Waals surface area contributed by atoms with Gasteiger partial charge in [0, 0.05) is 25.1 Å². The maximum Gasteiger partial charge on any atom is 0.243 e. The molecule has 0 aliphatic carbocycles. The van der Waals surface area contributed by atoms with Gasteiger partial charge in [-0.3, -0.25) is 0 Å². The maximum absolute atomic E-state index is 12.8. The summed E-state index contributed by atoms with van der Waals surface area (Å²) in [6, 6.07) is 17.1. The van der Waals surface area contributed by atoms with Gasteiger partial charge in [0.1, 0.15) is 0 Å². The van der Waals surface area contributed by atoms with Gasteiger partial charge in [0.05, 0.1) is 28.9 Å². The van der Waals surface area contributed by atoms with Gasteiger partial charge >= 0.3 is 0 Å². The summed E-state index contributed by atoms with van der Waals surface area (Å²) >= 11 is 1.59. The number of benzene rings is 2. The van der Waals surface area contributed by atoms with E-state index in [1.165, 1.54) is 4.31 Å². The third kappa shape index (κ3) is 4.88. The second kappa shape index (κ2) is 10.1. The molecule has 1 atom stereocenters. The minimum atomic E-state index is -3.47. The Morgan fingerprint density at radius 1 is 1.09 bits per heavy atom. The lowest BCUT2D eigenvalue weighted by molar-refractivity contribution is 0.0968. The largest absolute Gasteiger partial charge is 0.376 e. The smallest absolute Gasteiger partial charge is 0.243 e. The minimum Gasteiger partial charge on any atom is -0.376 e. The number of hydrogen-bond donors (Lipinski definition) is 0. The minimum absolute atomic E-state index is 0.167. The van der Waals surface area contributed by atoms with Gasteiger partial charge in [-0.25, -0.2) is 13.4 Å². The van der Waals surface area contributed by atoms with E-state index in [0.29, 0.717) is 18.0 Å². The number of rotatable bonds is 8. The topological polar surface area (TPSA) is 63.9 Å². The number of nitrogens with zero attached hydrogens (tertiary/aromatic N) is 3. The predicted octanol–water partition coefficient (Wildman–Crippen LogP) is 4.66. The molecule has 0 unspecified atom stereocenters. The number of ether oxygens (including phenoxy) is 1. The van der Waals surface area contributed by atoms with E-state index in [4.69, 9.17) is 9.73 Å². The van der Waals surface area contributed by atoms with Crippen molar-refractivity contribution in [3.8, 4) is 11.3 Å². The van der Waals surface area contributed by atoms with Crippen LogP contribution in [0.2, 0.25) is 0 Å². The lowest BCUT2D eigenvalue weighted by Crippen LogP contribution is -2.30. The van der Waals surface area contributed by atoms with Crippen LogP contribution in [0, 0.1) is 0 Å². The average Bonchev–Trinajstić information content (AvgIpc) is 3.46. The quantitative estimate of drug-likeness (QED) is 0.480. The number of sulfonamides is 1. The highest BCUT2D eigenvalue weighted by atomic mass is 32.2. The van der Waals surface area contributed by atoms with Crippen molar-refractivity contribution in [2.45, 2.75) is 44.2 Å². The summed E-state index contributed by atoms with van der Waals surface area (Å²) in [5.74, 6) is 0. The van der Waals surface area contributed by atoms with Crippen molar-refractivity contribution in [3.05, 3.63) is 64.8 Å². The molecule has 32 heavy (non-hydrogen) atoms. The van der Waals surface area contributed by atoms with Crippen LogP contribution in [0.3, 0.4) is 0 Å². The standard InChI is InChI=1S/C24H29N3O3S2/c1-3-26(4-2)32(28,29)22-14-12-19(13-15-22)23-18-31-24(25-20-9-6-5-7-10-20)27(23)17-21-11-8-16-30-21/h5-7,9-10,12-15,18,21H,3-4,8,11,16-17H2,1-2H3/t21-/m1/s1. The van der Waals surface area contributed by atoms with E-state index in [1.807, 2.05) is 56.3 Å². The molecule has 0 radical (unpaired) electrons. The monoisotopic (exact) mass is 471 g/mol. The first kappa shape index (κ1) is 22.9. The Kier molecular flexibility index (Phi) is 7.25. The van der Waals surface area contributed by atoms with Crippen molar-refractivity contribution in [1.82, 2.24) is 8.87 Å². The Morgan fingerprint density at radius 3 is 2.44 bits per heavy atom. The van der Waals surface area contributed by atoms with Gasteiger partial charge in [0.15, 0.2) is 4.80 Å². The van der Waals surface area contributed by atoms with Crippen LogP contribution in [-0.2, 0) is 21.3 Å². The second-order valence-corrected chi connectivity index (χ2v) is 10.5. The molecule has 2 heterocycles. The van der Waals surface area contributed by atoms with Gasteiger partial charge in [-0.05, 0) is 42.7 Å². The summed E-state index contributed by atoms with van der Waals surface area (Å²) in [5.41, 5.74) is 2.89. The van der Waals surface area contributed by atoms with E-state index in [9.17, 15) is 8.42 Å². The molecular weight excluding hydrogens is 442 g/mol. The molecule has 0 spiro atoms. The lowest BCUT2D eigenvalue weighted by atomic mass is 10.1. The Morgan fingerprint density at radius 2 is 1.81 bits per heavy atom. The van der Waals surface area contributed by atoms with E-state index in [1.54, 1.807) is 23.5 Å². The fourth-order valence-electron chi connectivity index (χ4n) is 3.94. The summed E-state index contributed by atoms with van der Waals surface area (Å²) in [7, 11) is -3.47. The molecular formula is C24H29N3O3S2. The Hall–Kier alpha value is -2.26. The molecule has 4 rings (SSSR count). The second-order valence-electron chi connectivity index (χ2n) is 7.71. The van der Waals surface area contributed by atoms with E-state index in [0.717, 1.165) is 47.7 Å². The molecule has 0 saturated carbocycles. The molecule has 1 fully saturated rings. The van der Waals surface area contributed by atoms with Crippen molar-refractivity contribution < 1.29 is 13.2 Å². The van der Waals surface area contributed by atoms with Crippen LogP contribution in [0.4, 0.5) is 5.69 Å². The molecule has 8 heteroatoms. The van der Waals surface area contributed by atoms with Gasteiger partial charge in [0.25, 0.3) is 0 Å². The molecule has 0 bridgehead atoms. The van der Waals surface area contributed by atoms with Crippen LogP contribution >= 0.6 is 11.3 Å². The van der Waals surface area contributed by atoms with Crippen molar-refractivity contribution in [2.75, 3.05) is 19.7 Å². The van der Waals surface area contributed by atoms with Crippen LogP contribution in [0.5, 0.6) is 0 Å². The van der Waals surface area contributed by atoms with Crippen LogP contribution in [-0.4, -0.2) is 43.1 Å². The molecule has 170 valence electrons. The number of aromatic nitrogens is 1. The van der Waals surface area contributed by atoms with Gasteiger partial charge in [-0.2, -0.15) is 4.31 Å². The van der Waals surface area contributed by atoms with Gasteiger partial charge in [-0.1, -0.05) is 44.2 Å². The zero-order valence-electron chi connectivity index (χ0n) is 18.5. The van der Waals surface area contributed by atoms with Gasteiger partial charge in [0.2, 0.25) is 10.0 Å². The molecule has 1 aromatic heterocycles. The molecule has 0 N–H and O–H groups in total. The fraction of sp³-hybridized carbons (Fsp3) is 0.375. The predicted molar refractivity (Wildman–Crippen MR) is 128 cm³/mol. The summed E-state index contributed by atoms with van der Waals surface area (Å²) in [6.45, 7) is 6.14. The number of hydrogen-bond acceptors (Lipinski definition) is 5. The number of para-hydroxylation sites is 1. The molecule has 1 aliphatic heterocycles. The molecule has 2 aromatic carbocycles. The normalized spacial score (nSPS) is 17.3. The first-order valence-corrected chi connectivity index (χ1v) is 13.3. The van der Waals surface area contributed by atoms with E-state index >= 15 is 0 Å². The molecule has 3 aromatic rings. The third-order valence-electron chi connectivity index (χ3n) is 5.68. The van der Waals surface area contributed by atoms with E-state index < -0.39 is 10.0 Å². The third-order valence-corrected chi connectivity index (χ3v) is 8.61. The van der Waals surface area contributed by atoms with Crippen LogP contribution in [0.1, 0.15) is 26.7 Å². The maximum atomic E-state index is 12.8. The number of thiazole rings is 1. The SMILES string of the molecule is CCN(CC)S(=O)(=O)c1ccc(-c2csc(=Nc3ccccc3)n2C[C@H]2CCCO2)cc1. The summed E-state index contributed by atoms with van der Waals surface area (Å²) in [6.07, 6.45) is 2.28. The molecule has 1 aliphatic rings. The summed E-state index contributed by atoms with van der Waals surface area (Å²) < 4.78 is 35.2. The Balaban J connectivity index is 1.72. The first-order chi connectivity index (χ1) is 15.5. The van der Waals surface area contributed by atoms with Crippen molar-refractivity contribution in [1.29, 1.82) is 0 Å². The highest BCUT2D eigenvalue weighted by Crippen LogP contribution is 2.26. The zero-order chi connectivity index (χ0) is 22.6. The van der Waals surface area contributed by atoms with Crippen LogP contribution in [0.25, 0.3) is 11.3 Å². The zero-order valence-corrected chi connectivity index (χ0v) is 20.1. The summed E-state index contributed by atoms with van der Waals surface area (Å²) in [4.78, 5) is 6.08. The van der Waals surface area contributed by atoms with E-state index in [2.05, 4.69) is 9.95 Å². The highest BCUT2D eigenvalue weighted by Gasteiger charge is 2.22. The fourth-order valence-corrected chi connectivity index (χ4v) is 6.34. The van der Waals surface area contributed by atoms with Crippen molar-refractivity contribution in [2.24, 2.45) is 4.99 Å². The lowest BCUT2D eigenvalue weighted by Gasteiger charge is -2.18. The summed E-state index contributed by atoms with van der Waals surface area (Å²) in [5, 5.41) is 2.09.